The number of aliphatic hydroxyl groups is 1. The summed E-state index contributed by atoms with van der Waals surface area (Å²) in [6.45, 7) is 4.66. The molecule has 3 atom stereocenters. The predicted molar refractivity (Wildman–Crippen MR) is 135 cm³/mol. The van der Waals surface area contributed by atoms with Crippen LogP contribution in [-0.2, 0) is 24.9 Å². The van der Waals surface area contributed by atoms with E-state index in [-0.39, 0.29) is 5.69 Å². The first-order valence-electron chi connectivity index (χ1n) is 11.6. The Hall–Kier alpha value is -3.46. The van der Waals surface area contributed by atoms with E-state index in [0.717, 1.165) is 12.4 Å². The molecule has 2 rings (SSSR count). The molecule has 0 aliphatic heterocycles. The van der Waals surface area contributed by atoms with E-state index in [4.69, 9.17) is 14.3 Å². The summed E-state index contributed by atoms with van der Waals surface area (Å²) in [4.78, 5) is 31.1. The monoisotopic (exact) mass is 576 g/mol. The molecule has 0 bridgehead atoms. The smallest absolute Gasteiger partial charge is 0.423 e. The van der Waals surface area contributed by atoms with E-state index in [9.17, 15) is 37.2 Å². The average molecular weight is 577 g/mol. The van der Waals surface area contributed by atoms with Gasteiger partial charge in [0, 0.05) is 33.2 Å². The van der Waals surface area contributed by atoms with Crippen LogP contribution in [0.3, 0.4) is 0 Å². The summed E-state index contributed by atoms with van der Waals surface area (Å²) >= 11 is 0. The van der Waals surface area contributed by atoms with E-state index in [0.29, 0.717) is 11.3 Å². The third-order valence-corrected chi connectivity index (χ3v) is 7.21. The minimum atomic E-state index is -5.25. The van der Waals surface area contributed by atoms with Crippen LogP contribution in [0.1, 0.15) is 39.3 Å². The van der Waals surface area contributed by atoms with Gasteiger partial charge in [0.2, 0.25) is 5.60 Å². The number of hydrogen-bond donors (Lipinski definition) is 4. The number of ether oxygens (including phenoxy) is 2. The Morgan fingerprint density at radius 2 is 1.72 bits per heavy atom. The van der Waals surface area contributed by atoms with Crippen molar-refractivity contribution in [1.82, 2.24) is 15.3 Å². The number of halogens is 3. The van der Waals surface area contributed by atoms with Crippen LogP contribution in [0.2, 0.25) is 0 Å². The number of carbonyl (C=O) groups is 2. The fourth-order valence-corrected chi connectivity index (χ4v) is 4.74. The third-order valence-electron chi connectivity index (χ3n) is 5.45. The van der Waals surface area contributed by atoms with Gasteiger partial charge in [-0.2, -0.15) is 13.2 Å². The van der Waals surface area contributed by atoms with Crippen molar-refractivity contribution >= 4 is 21.8 Å². The topological polar surface area (TPSA) is 172 Å². The highest BCUT2D eigenvalue weighted by Gasteiger charge is 2.56. The summed E-state index contributed by atoms with van der Waals surface area (Å²) in [7, 11) is -2.34. The normalized spacial score (nSPS) is 15.9. The molecule has 11 nitrogen and oxygen atoms in total. The molecular weight excluding hydrogens is 545 g/mol. The molecule has 1 aromatic heterocycles. The first kappa shape index (κ1) is 31.8. The summed E-state index contributed by atoms with van der Waals surface area (Å²) in [6.07, 6.45) is -6.21. The number of rotatable bonds is 11. The molecule has 1 heterocycles. The Labute approximate surface area is 223 Å². The van der Waals surface area contributed by atoms with Gasteiger partial charge in [0.05, 0.1) is 30.9 Å². The molecule has 0 radical (unpaired) electrons. The highest BCUT2D eigenvalue weighted by atomic mass is 32.2. The first-order chi connectivity index (χ1) is 17.9. The SMILES string of the molecule is COc1ccc(-c2cnc(C(O)(CCS(=N)(=O)CC[C@H](NC(=O)OC(C)(C)C)C(=O)O)C(F)(F)F)cn2)cc1. The van der Waals surface area contributed by atoms with Gasteiger partial charge in [-0.05, 0) is 51.5 Å². The van der Waals surface area contributed by atoms with Crippen molar-refractivity contribution in [3.8, 4) is 17.0 Å². The molecule has 0 fully saturated rings. The van der Waals surface area contributed by atoms with E-state index >= 15 is 0 Å². The van der Waals surface area contributed by atoms with Gasteiger partial charge in [-0.25, -0.2) is 13.8 Å². The van der Waals surface area contributed by atoms with Gasteiger partial charge >= 0.3 is 18.2 Å². The molecule has 1 aromatic carbocycles. The molecule has 1 amide bonds. The number of alkyl halides is 3. The quantitative estimate of drug-likeness (QED) is 0.311. The van der Waals surface area contributed by atoms with Gasteiger partial charge < -0.3 is 25.0 Å². The van der Waals surface area contributed by atoms with Gasteiger partial charge in [-0.3, -0.25) is 14.7 Å². The highest BCUT2D eigenvalue weighted by molar-refractivity contribution is 7.92. The zero-order valence-corrected chi connectivity index (χ0v) is 22.6. The lowest BCUT2D eigenvalue weighted by Gasteiger charge is -2.30. The maximum Gasteiger partial charge on any atom is 0.423 e. The number of methoxy groups -OCH3 is 1. The summed E-state index contributed by atoms with van der Waals surface area (Å²) < 4.78 is 72.6. The maximum atomic E-state index is 13.9. The summed E-state index contributed by atoms with van der Waals surface area (Å²) in [6, 6.07) is 4.90. The van der Waals surface area contributed by atoms with Crippen molar-refractivity contribution in [2.24, 2.45) is 0 Å². The first-order valence-corrected chi connectivity index (χ1v) is 13.5. The van der Waals surface area contributed by atoms with Crippen LogP contribution in [0.5, 0.6) is 5.75 Å². The van der Waals surface area contributed by atoms with Gasteiger partial charge in [0.1, 0.15) is 17.4 Å². The van der Waals surface area contributed by atoms with Gasteiger partial charge in [0.25, 0.3) is 0 Å². The van der Waals surface area contributed by atoms with Crippen LogP contribution in [0.15, 0.2) is 36.7 Å². The fourth-order valence-electron chi connectivity index (χ4n) is 3.30. The number of carboxylic acid groups (broad SMARTS) is 1. The van der Waals surface area contributed by atoms with Crippen molar-refractivity contribution in [3.63, 3.8) is 0 Å². The van der Waals surface area contributed by atoms with E-state index in [1.54, 1.807) is 45.0 Å². The average Bonchev–Trinajstić information content (AvgIpc) is 2.83. The van der Waals surface area contributed by atoms with Crippen LogP contribution in [0, 0.1) is 4.78 Å². The van der Waals surface area contributed by atoms with E-state index < -0.39 is 75.3 Å². The Kier molecular flexibility index (Phi) is 9.90. The number of amides is 1. The lowest BCUT2D eigenvalue weighted by molar-refractivity contribution is -0.269. The minimum Gasteiger partial charge on any atom is -0.497 e. The van der Waals surface area contributed by atoms with Crippen molar-refractivity contribution < 1.29 is 46.7 Å². The zero-order valence-electron chi connectivity index (χ0n) is 21.7. The number of hydrogen-bond acceptors (Lipinski definition) is 9. The largest absolute Gasteiger partial charge is 0.497 e. The summed E-state index contributed by atoms with van der Waals surface area (Å²) in [5.74, 6) is -2.53. The number of aliphatic carboxylic acids is 1. The summed E-state index contributed by atoms with van der Waals surface area (Å²) in [5.41, 5.74) is -4.57. The molecule has 0 spiro atoms. The number of nitrogens with one attached hydrogen (secondary N) is 2. The molecule has 2 aromatic rings. The lowest BCUT2D eigenvalue weighted by Crippen LogP contribution is -2.45. The van der Waals surface area contributed by atoms with Gasteiger partial charge in [0.15, 0.2) is 0 Å². The maximum absolute atomic E-state index is 13.9. The Morgan fingerprint density at radius 3 is 2.18 bits per heavy atom. The van der Waals surface area contributed by atoms with Gasteiger partial charge in [-0.15, -0.1) is 0 Å². The standard InChI is InChI=1S/C24H31F3N4O7S/c1-22(2,3)38-21(34)31-17(20(32)33)9-11-39(28,36)12-10-23(35,24(25,26)27)19-14-29-18(13-30-19)15-5-7-16(37-4)8-6-15/h5-8,13-14,17,28,35H,9-12H2,1-4H3,(H,31,34)(H,32,33)/t17-,23?,39?/m0/s1. The third kappa shape index (κ3) is 9.06. The van der Waals surface area contributed by atoms with Gasteiger partial charge in [-0.1, -0.05) is 0 Å². The van der Waals surface area contributed by atoms with Crippen LogP contribution in [0.25, 0.3) is 11.3 Å². The van der Waals surface area contributed by atoms with Crippen molar-refractivity contribution in [3.05, 3.63) is 42.4 Å². The number of nitrogens with zero attached hydrogens (tertiary/aromatic N) is 2. The van der Waals surface area contributed by atoms with Crippen molar-refractivity contribution in [2.45, 2.75) is 57.0 Å². The second kappa shape index (κ2) is 12.2. The zero-order chi connectivity index (χ0) is 29.6. The molecule has 0 saturated carbocycles. The fraction of sp³-hybridized carbons (Fsp3) is 0.500. The second-order valence-corrected chi connectivity index (χ2v) is 12.1. The van der Waals surface area contributed by atoms with E-state index in [1.165, 1.54) is 7.11 Å². The number of benzene rings is 1. The second-order valence-electron chi connectivity index (χ2n) is 9.67. The Bertz CT molecular complexity index is 1250. The number of carbonyl (C=O) groups excluding carboxylic acids is 1. The summed E-state index contributed by atoms with van der Waals surface area (Å²) in [5, 5.41) is 22.0. The van der Waals surface area contributed by atoms with E-state index in [2.05, 4.69) is 15.3 Å². The molecule has 15 heteroatoms. The van der Waals surface area contributed by atoms with Crippen LogP contribution >= 0.6 is 0 Å². The number of aromatic nitrogens is 2. The van der Waals surface area contributed by atoms with Crippen LogP contribution < -0.4 is 10.1 Å². The van der Waals surface area contributed by atoms with Crippen LogP contribution in [0.4, 0.5) is 18.0 Å². The van der Waals surface area contributed by atoms with Crippen LogP contribution in [-0.4, -0.2) is 72.9 Å². The highest BCUT2D eigenvalue weighted by Crippen LogP contribution is 2.41. The minimum absolute atomic E-state index is 0.229. The molecule has 2 unspecified atom stereocenters. The molecule has 4 N–H and O–H groups in total. The van der Waals surface area contributed by atoms with Crippen molar-refractivity contribution in [1.29, 1.82) is 4.78 Å². The molecule has 0 aliphatic rings. The Balaban J connectivity index is 2.14. The molecule has 39 heavy (non-hydrogen) atoms. The number of carboxylic acids is 1. The predicted octanol–water partition coefficient (Wildman–Crippen LogP) is 3.71. The molecule has 216 valence electrons. The molecule has 0 saturated heterocycles. The Morgan fingerprint density at radius 1 is 1.10 bits per heavy atom. The van der Waals surface area contributed by atoms with E-state index in [1.807, 2.05) is 0 Å². The molecule has 0 aliphatic carbocycles. The van der Waals surface area contributed by atoms with Crippen molar-refractivity contribution in [2.75, 3.05) is 18.6 Å². The lowest BCUT2D eigenvalue weighted by atomic mass is 9.96. The number of alkyl carbamates (subject to hydrolysis) is 1. The molecular formula is C24H31F3N4O7S.